The Bertz CT molecular complexity index is 400. The van der Waals surface area contributed by atoms with Crippen molar-refractivity contribution in [1.82, 2.24) is 5.32 Å². The molecule has 2 nitrogen and oxygen atoms in total. The van der Waals surface area contributed by atoms with E-state index in [1.54, 1.807) is 0 Å². The minimum atomic E-state index is -0.205. The molecule has 0 amide bonds. The van der Waals surface area contributed by atoms with Gasteiger partial charge in [0.1, 0.15) is 0 Å². The number of hydrogen-bond acceptors (Lipinski definition) is 2. The second kappa shape index (κ2) is 7.80. The molecular formula is C18H29NO. The van der Waals surface area contributed by atoms with Gasteiger partial charge in [-0.3, -0.25) is 0 Å². The van der Waals surface area contributed by atoms with Crippen LogP contribution >= 0.6 is 0 Å². The average molecular weight is 275 g/mol. The SMILES string of the molecule is CCC(CC)C(O)CNCC1CCCc2ccccc21. The van der Waals surface area contributed by atoms with Crippen molar-refractivity contribution in [2.45, 2.75) is 58.0 Å². The molecule has 2 unspecified atom stereocenters. The van der Waals surface area contributed by atoms with E-state index in [1.807, 2.05) is 0 Å². The topological polar surface area (TPSA) is 32.3 Å². The van der Waals surface area contributed by atoms with Crippen LogP contribution in [0.4, 0.5) is 0 Å². The number of aliphatic hydroxyl groups is 1. The summed E-state index contributed by atoms with van der Waals surface area (Å²) >= 11 is 0. The summed E-state index contributed by atoms with van der Waals surface area (Å²) in [4.78, 5) is 0. The average Bonchev–Trinajstić information content (AvgIpc) is 2.49. The molecular weight excluding hydrogens is 246 g/mol. The quantitative estimate of drug-likeness (QED) is 0.798. The summed E-state index contributed by atoms with van der Waals surface area (Å²) in [6.07, 6.45) is 5.70. The Kier molecular flexibility index (Phi) is 6.06. The zero-order valence-corrected chi connectivity index (χ0v) is 12.9. The number of nitrogens with one attached hydrogen (secondary N) is 1. The van der Waals surface area contributed by atoms with Crippen LogP contribution in [0.1, 0.15) is 56.6 Å². The van der Waals surface area contributed by atoms with Gasteiger partial charge >= 0.3 is 0 Å². The lowest BCUT2D eigenvalue weighted by Crippen LogP contribution is -2.35. The molecule has 1 aromatic rings. The van der Waals surface area contributed by atoms with E-state index in [4.69, 9.17) is 0 Å². The summed E-state index contributed by atoms with van der Waals surface area (Å²) < 4.78 is 0. The number of aryl methyl sites for hydroxylation is 1. The van der Waals surface area contributed by atoms with E-state index >= 15 is 0 Å². The van der Waals surface area contributed by atoms with Crippen molar-refractivity contribution >= 4 is 0 Å². The first-order chi connectivity index (χ1) is 9.76. The van der Waals surface area contributed by atoms with Crippen molar-refractivity contribution in [3.8, 4) is 0 Å². The lowest BCUT2D eigenvalue weighted by atomic mass is 9.83. The van der Waals surface area contributed by atoms with Crippen molar-refractivity contribution < 1.29 is 5.11 Å². The van der Waals surface area contributed by atoms with Crippen LogP contribution < -0.4 is 5.32 Å². The van der Waals surface area contributed by atoms with Crippen LogP contribution in [0.25, 0.3) is 0 Å². The smallest absolute Gasteiger partial charge is 0.0692 e. The summed E-state index contributed by atoms with van der Waals surface area (Å²) in [5.74, 6) is 1.05. The third kappa shape index (κ3) is 3.83. The fourth-order valence-electron chi connectivity index (χ4n) is 3.47. The van der Waals surface area contributed by atoms with Gasteiger partial charge in [0.25, 0.3) is 0 Å². The van der Waals surface area contributed by atoms with E-state index in [-0.39, 0.29) is 6.10 Å². The van der Waals surface area contributed by atoms with Gasteiger partial charge in [0, 0.05) is 13.1 Å². The molecule has 0 fully saturated rings. The molecule has 2 N–H and O–H groups in total. The van der Waals surface area contributed by atoms with Gasteiger partial charge in [0.05, 0.1) is 6.10 Å². The molecule has 0 bridgehead atoms. The van der Waals surface area contributed by atoms with Crippen LogP contribution in [0.5, 0.6) is 0 Å². The number of rotatable bonds is 7. The second-order valence-electron chi connectivity index (χ2n) is 6.09. The molecule has 2 atom stereocenters. The van der Waals surface area contributed by atoms with Crippen LogP contribution in [-0.4, -0.2) is 24.3 Å². The van der Waals surface area contributed by atoms with Crippen molar-refractivity contribution in [3.63, 3.8) is 0 Å². The maximum absolute atomic E-state index is 10.2. The largest absolute Gasteiger partial charge is 0.392 e. The van der Waals surface area contributed by atoms with Gasteiger partial charge in [0.15, 0.2) is 0 Å². The van der Waals surface area contributed by atoms with Gasteiger partial charge in [-0.05, 0) is 42.2 Å². The van der Waals surface area contributed by atoms with E-state index in [9.17, 15) is 5.11 Å². The summed E-state index contributed by atoms with van der Waals surface area (Å²) in [7, 11) is 0. The van der Waals surface area contributed by atoms with E-state index in [1.165, 1.54) is 30.4 Å². The monoisotopic (exact) mass is 275 g/mol. The Morgan fingerprint density at radius 1 is 1.25 bits per heavy atom. The Morgan fingerprint density at radius 3 is 2.75 bits per heavy atom. The van der Waals surface area contributed by atoms with Crippen LogP contribution in [0.2, 0.25) is 0 Å². The summed E-state index contributed by atoms with van der Waals surface area (Å²) in [5.41, 5.74) is 3.04. The van der Waals surface area contributed by atoms with Crippen LogP contribution in [0.3, 0.4) is 0 Å². The van der Waals surface area contributed by atoms with Gasteiger partial charge in [-0.2, -0.15) is 0 Å². The normalized spacial score (nSPS) is 19.9. The number of benzene rings is 1. The van der Waals surface area contributed by atoms with Crippen molar-refractivity contribution in [3.05, 3.63) is 35.4 Å². The Hall–Kier alpha value is -0.860. The number of aliphatic hydroxyl groups excluding tert-OH is 1. The third-order valence-electron chi connectivity index (χ3n) is 4.83. The molecule has 1 aliphatic carbocycles. The van der Waals surface area contributed by atoms with E-state index in [0.29, 0.717) is 11.8 Å². The molecule has 0 heterocycles. The van der Waals surface area contributed by atoms with E-state index < -0.39 is 0 Å². The third-order valence-corrected chi connectivity index (χ3v) is 4.83. The summed E-state index contributed by atoms with van der Waals surface area (Å²) in [6.45, 7) is 6.04. The zero-order valence-electron chi connectivity index (χ0n) is 12.9. The highest BCUT2D eigenvalue weighted by molar-refractivity contribution is 5.32. The van der Waals surface area contributed by atoms with Gasteiger partial charge in [0.2, 0.25) is 0 Å². The first-order valence-electron chi connectivity index (χ1n) is 8.22. The minimum absolute atomic E-state index is 0.205. The summed E-state index contributed by atoms with van der Waals surface area (Å²) in [6, 6.07) is 8.83. The molecule has 0 aromatic heterocycles. The van der Waals surface area contributed by atoms with Crippen molar-refractivity contribution in [1.29, 1.82) is 0 Å². The maximum Gasteiger partial charge on any atom is 0.0692 e. The first-order valence-corrected chi connectivity index (χ1v) is 8.22. The van der Waals surface area contributed by atoms with Crippen LogP contribution in [0.15, 0.2) is 24.3 Å². The van der Waals surface area contributed by atoms with Crippen molar-refractivity contribution in [2.24, 2.45) is 5.92 Å². The molecule has 1 aromatic carbocycles. The molecule has 112 valence electrons. The van der Waals surface area contributed by atoms with Gasteiger partial charge in [-0.25, -0.2) is 0 Å². The standard InChI is InChI=1S/C18H29NO/c1-3-14(4-2)18(20)13-19-12-16-10-7-9-15-8-5-6-11-17(15)16/h5-6,8,11,14,16,18-20H,3-4,7,9-10,12-13H2,1-2H3. The molecule has 0 radical (unpaired) electrons. The van der Waals surface area contributed by atoms with Gasteiger partial charge in [-0.15, -0.1) is 0 Å². The Morgan fingerprint density at radius 2 is 2.00 bits per heavy atom. The fourth-order valence-corrected chi connectivity index (χ4v) is 3.47. The molecule has 0 spiro atoms. The molecule has 0 saturated carbocycles. The molecule has 20 heavy (non-hydrogen) atoms. The first kappa shape index (κ1) is 15.5. The summed E-state index contributed by atoms with van der Waals surface area (Å²) in [5, 5.41) is 13.7. The van der Waals surface area contributed by atoms with Crippen LogP contribution in [-0.2, 0) is 6.42 Å². The molecule has 2 rings (SSSR count). The lowest BCUT2D eigenvalue weighted by molar-refractivity contribution is 0.101. The molecule has 0 saturated heterocycles. The highest BCUT2D eigenvalue weighted by Gasteiger charge is 2.20. The predicted molar refractivity (Wildman–Crippen MR) is 85.1 cm³/mol. The lowest BCUT2D eigenvalue weighted by Gasteiger charge is -2.27. The van der Waals surface area contributed by atoms with Crippen LogP contribution in [0, 0.1) is 5.92 Å². The van der Waals surface area contributed by atoms with E-state index in [2.05, 4.69) is 43.4 Å². The van der Waals surface area contributed by atoms with E-state index in [0.717, 1.165) is 25.9 Å². The zero-order chi connectivity index (χ0) is 14.4. The van der Waals surface area contributed by atoms with Crippen molar-refractivity contribution in [2.75, 3.05) is 13.1 Å². The molecule has 0 aliphatic heterocycles. The Labute approximate surface area is 123 Å². The Balaban J connectivity index is 1.83. The van der Waals surface area contributed by atoms with Gasteiger partial charge in [-0.1, -0.05) is 51.0 Å². The fraction of sp³-hybridized carbons (Fsp3) is 0.667. The highest BCUT2D eigenvalue weighted by atomic mass is 16.3. The minimum Gasteiger partial charge on any atom is -0.392 e. The van der Waals surface area contributed by atoms with Gasteiger partial charge < -0.3 is 10.4 Å². The maximum atomic E-state index is 10.2. The highest BCUT2D eigenvalue weighted by Crippen LogP contribution is 2.30. The molecule has 2 heteroatoms. The molecule has 1 aliphatic rings. The number of hydrogen-bond donors (Lipinski definition) is 2. The number of fused-ring (bicyclic) bond motifs is 1. The second-order valence-corrected chi connectivity index (χ2v) is 6.09. The predicted octanol–water partition coefficient (Wildman–Crippen LogP) is 3.49.